The van der Waals surface area contributed by atoms with Gasteiger partial charge >= 0.3 is 5.97 Å². The van der Waals surface area contributed by atoms with Gasteiger partial charge < -0.3 is 25.4 Å². The minimum absolute atomic E-state index is 0.375. The number of ether oxygens (including phenoxy) is 1. The Bertz CT molecular complexity index is 439. The van der Waals surface area contributed by atoms with Crippen LogP contribution in [0.3, 0.4) is 0 Å². The van der Waals surface area contributed by atoms with E-state index < -0.39 is 36.0 Å². The number of esters is 1. The van der Waals surface area contributed by atoms with Gasteiger partial charge in [-0.25, -0.2) is 4.79 Å². The molecule has 0 saturated carbocycles. The maximum absolute atomic E-state index is 11.7. The Labute approximate surface area is 103 Å². The van der Waals surface area contributed by atoms with E-state index in [2.05, 4.69) is 10.1 Å². The molecular weight excluding hydrogens is 242 g/mol. The van der Waals surface area contributed by atoms with Gasteiger partial charge in [-0.15, -0.1) is 0 Å². The van der Waals surface area contributed by atoms with Crippen LogP contribution in [0, 0.1) is 0 Å². The third-order valence-corrected chi connectivity index (χ3v) is 2.22. The monoisotopic (exact) mass is 255 g/mol. The van der Waals surface area contributed by atoms with Gasteiger partial charge in [0.25, 0.3) is 5.91 Å². The maximum Gasteiger partial charge on any atom is 0.330 e. The molecule has 1 atom stereocenters. The van der Waals surface area contributed by atoms with Crippen molar-refractivity contribution in [1.82, 2.24) is 5.32 Å². The second-order valence-corrected chi connectivity index (χ2v) is 3.40. The predicted molar refractivity (Wildman–Crippen MR) is 60.1 cm³/mol. The van der Waals surface area contributed by atoms with Crippen molar-refractivity contribution in [2.45, 2.75) is 6.04 Å². The Morgan fingerprint density at radius 1 is 1.33 bits per heavy atom. The molecule has 0 fully saturated rings. The number of phenols is 2. The topological polar surface area (TPSA) is 116 Å². The van der Waals surface area contributed by atoms with E-state index in [9.17, 15) is 19.8 Å². The molecule has 0 spiro atoms. The summed E-state index contributed by atoms with van der Waals surface area (Å²) in [6, 6.07) is 2.51. The summed E-state index contributed by atoms with van der Waals surface area (Å²) in [5, 5.41) is 29.9. The maximum atomic E-state index is 11.7. The zero-order chi connectivity index (χ0) is 13.7. The average molecular weight is 255 g/mol. The summed E-state index contributed by atoms with van der Waals surface area (Å²) in [7, 11) is 1.11. The summed E-state index contributed by atoms with van der Waals surface area (Å²) >= 11 is 0. The third-order valence-electron chi connectivity index (χ3n) is 2.22. The lowest BCUT2D eigenvalue weighted by Crippen LogP contribution is -2.44. The molecule has 0 radical (unpaired) electrons. The highest BCUT2D eigenvalue weighted by atomic mass is 16.5. The molecule has 4 N–H and O–H groups in total. The number of aliphatic hydroxyl groups is 1. The Hall–Kier alpha value is -2.28. The lowest BCUT2D eigenvalue weighted by atomic mass is 10.1. The number of amides is 1. The lowest BCUT2D eigenvalue weighted by Gasteiger charge is -2.14. The first-order chi connectivity index (χ1) is 8.51. The number of aliphatic hydroxyl groups excluding tert-OH is 1. The van der Waals surface area contributed by atoms with Gasteiger partial charge in [-0.3, -0.25) is 4.79 Å². The highest BCUT2D eigenvalue weighted by Gasteiger charge is 2.24. The quantitative estimate of drug-likeness (QED) is 0.532. The van der Waals surface area contributed by atoms with Crippen LogP contribution in [-0.4, -0.2) is 47.0 Å². The molecule has 1 amide bonds. The van der Waals surface area contributed by atoms with Crippen LogP contribution < -0.4 is 5.32 Å². The SMILES string of the molecule is COC(=O)C(CO)NC(=O)c1c(O)cccc1O. The Balaban J connectivity index is 2.91. The van der Waals surface area contributed by atoms with Crippen molar-refractivity contribution < 1.29 is 29.6 Å². The van der Waals surface area contributed by atoms with E-state index in [1.54, 1.807) is 0 Å². The summed E-state index contributed by atoms with van der Waals surface area (Å²) in [5.74, 6) is -2.60. The van der Waals surface area contributed by atoms with Crippen molar-refractivity contribution in [3.63, 3.8) is 0 Å². The number of nitrogens with one attached hydrogen (secondary N) is 1. The van der Waals surface area contributed by atoms with Gasteiger partial charge in [-0.05, 0) is 12.1 Å². The standard InChI is InChI=1S/C11H13NO6/c1-18-11(17)6(5-13)12-10(16)9-7(14)3-2-4-8(9)15/h2-4,6,13-15H,5H2,1H3,(H,12,16). The van der Waals surface area contributed by atoms with Crippen molar-refractivity contribution >= 4 is 11.9 Å². The number of phenolic OH excluding ortho intramolecular Hbond substituents is 2. The smallest absolute Gasteiger partial charge is 0.330 e. The molecule has 1 unspecified atom stereocenters. The van der Waals surface area contributed by atoms with Crippen LogP contribution in [-0.2, 0) is 9.53 Å². The first-order valence-electron chi connectivity index (χ1n) is 5.01. The zero-order valence-electron chi connectivity index (χ0n) is 9.58. The summed E-state index contributed by atoms with van der Waals surface area (Å²) < 4.78 is 4.36. The number of carbonyl (C=O) groups is 2. The van der Waals surface area contributed by atoms with E-state index in [0.717, 1.165) is 7.11 Å². The minimum Gasteiger partial charge on any atom is -0.507 e. The zero-order valence-corrected chi connectivity index (χ0v) is 9.58. The fourth-order valence-corrected chi connectivity index (χ4v) is 1.31. The van der Waals surface area contributed by atoms with Crippen molar-refractivity contribution in [3.05, 3.63) is 23.8 Å². The number of carbonyl (C=O) groups excluding carboxylic acids is 2. The van der Waals surface area contributed by atoms with Crippen LogP contribution in [0.1, 0.15) is 10.4 Å². The van der Waals surface area contributed by atoms with Gasteiger partial charge in [0.1, 0.15) is 17.1 Å². The van der Waals surface area contributed by atoms with Gasteiger partial charge in [0.05, 0.1) is 13.7 Å². The van der Waals surface area contributed by atoms with Gasteiger partial charge in [0.15, 0.2) is 6.04 Å². The summed E-state index contributed by atoms with van der Waals surface area (Å²) in [4.78, 5) is 22.9. The Morgan fingerprint density at radius 2 is 1.89 bits per heavy atom. The van der Waals surface area contributed by atoms with E-state index in [0.29, 0.717) is 0 Å². The number of aromatic hydroxyl groups is 2. The van der Waals surface area contributed by atoms with E-state index in [1.165, 1.54) is 18.2 Å². The number of methoxy groups -OCH3 is 1. The molecule has 0 aliphatic heterocycles. The first-order valence-corrected chi connectivity index (χ1v) is 5.01. The highest BCUT2D eigenvalue weighted by Crippen LogP contribution is 2.25. The average Bonchev–Trinajstić information content (AvgIpc) is 2.34. The van der Waals surface area contributed by atoms with Crippen LogP contribution in [0.4, 0.5) is 0 Å². The van der Waals surface area contributed by atoms with Crippen LogP contribution in [0.5, 0.6) is 11.5 Å². The normalized spacial score (nSPS) is 11.7. The fourth-order valence-electron chi connectivity index (χ4n) is 1.31. The van der Waals surface area contributed by atoms with Gasteiger partial charge in [0.2, 0.25) is 0 Å². The van der Waals surface area contributed by atoms with Crippen LogP contribution in [0.25, 0.3) is 0 Å². The molecule has 1 rings (SSSR count). The summed E-state index contributed by atoms with van der Waals surface area (Å²) in [6.07, 6.45) is 0. The number of benzene rings is 1. The van der Waals surface area contributed by atoms with Crippen LogP contribution in [0.15, 0.2) is 18.2 Å². The molecule has 0 aromatic heterocycles. The van der Waals surface area contributed by atoms with Crippen molar-refractivity contribution in [2.75, 3.05) is 13.7 Å². The van der Waals surface area contributed by atoms with Gasteiger partial charge in [0, 0.05) is 0 Å². The molecule has 98 valence electrons. The minimum atomic E-state index is -1.26. The Kier molecular flexibility index (Phi) is 4.50. The first kappa shape index (κ1) is 13.8. The van der Waals surface area contributed by atoms with E-state index in [4.69, 9.17) is 5.11 Å². The molecule has 18 heavy (non-hydrogen) atoms. The largest absolute Gasteiger partial charge is 0.507 e. The van der Waals surface area contributed by atoms with Crippen LogP contribution >= 0.6 is 0 Å². The third kappa shape index (κ3) is 2.89. The molecule has 7 nitrogen and oxygen atoms in total. The van der Waals surface area contributed by atoms with Crippen molar-refractivity contribution in [3.8, 4) is 11.5 Å². The number of hydrogen-bond donors (Lipinski definition) is 4. The number of rotatable bonds is 4. The molecule has 0 bridgehead atoms. The lowest BCUT2D eigenvalue weighted by molar-refractivity contribution is -0.143. The van der Waals surface area contributed by atoms with Crippen molar-refractivity contribution in [1.29, 1.82) is 0 Å². The molecule has 0 heterocycles. The van der Waals surface area contributed by atoms with Crippen molar-refractivity contribution in [2.24, 2.45) is 0 Å². The molecule has 0 aliphatic carbocycles. The van der Waals surface area contributed by atoms with Crippen LogP contribution in [0.2, 0.25) is 0 Å². The second-order valence-electron chi connectivity index (χ2n) is 3.40. The highest BCUT2D eigenvalue weighted by molar-refractivity contribution is 6.01. The molecule has 1 aromatic rings. The second kappa shape index (κ2) is 5.87. The predicted octanol–water partition coefficient (Wildman–Crippen LogP) is -0.639. The van der Waals surface area contributed by atoms with Gasteiger partial charge in [-0.1, -0.05) is 6.07 Å². The summed E-state index contributed by atoms with van der Waals surface area (Å²) in [5.41, 5.74) is -0.375. The number of hydrogen-bond acceptors (Lipinski definition) is 6. The summed E-state index contributed by atoms with van der Waals surface area (Å²) in [6.45, 7) is -0.660. The molecule has 0 saturated heterocycles. The van der Waals surface area contributed by atoms with E-state index >= 15 is 0 Å². The van der Waals surface area contributed by atoms with Gasteiger partial charge in [-0.2, -0.15) is 0 Å². The molecule has 7 heteroatoms. The fraction of sp³-hybridized carbons (Fsp3) is 0.273. The van der Waals surface area contributed by atoms with E-state index in [-0.39, 0.29) is 5.56 Å². The van der Waals surface area contributed by atoms with E-state index in [1.807, 2.05) is 0 Å². The Morgan fingerprint density at radius 3 is 2.33 bits per heavy atom. The molecule has 0 aliphatic rings. The molecular formula is C11H13NO6. The molecule has 1 aromatic carbocycles.